The van der Waals surface area contributed by atoms with Gasteiger partial charge in [-0.15, -0.1) is 0 Å². The van der Waals surface area contributed by atoms with E-state index >= 15 is 0 Å². The van der Waals surface area contributed by atoms with Crippen LogP contribution in [0.3, 0.4) is 0 Å². The third-order valence-corrected chi connectivity index (χ3v) is 3.87. The van der Waals surface area contributed by atoms with Gasteiger partial charge < -0.3 is 10.2 Å². The van der Waals surface area contributed by atoms with Gasteiger partial charge in [-0.2, -0.15) is 0 Å². The van der Waals surface area contributed by atoms with Crippen LogP contribution in [0, 0.1) is 0 Å². The topological polar surface area (TPSA) is 43.7 Å². The average Bonchev–Trinajstić information content (AvgIpc) is 2.15. The van der Waals surface area contributed by atoms with Gasteiger partial charge in [-0.25, -0.2) is 0 Å². The van der Waals surface area contributed by atoms with Crippen LogP contribution in [0.4, 0.5) is 0 Å². The van der Waals surface area contributed by atoms with E-state index in [0.717, 1.165) is 45.2 Å². The summed E-state index contributed by atoms with van der Waals surface area (Å²) < 4.78 is 0. The van der Waals surface area contributed by atoms with Crippen LogP contribution in [-0.4, -0.2) is 45.9 Å². The van der Waals surface area contributed by atoms with Gasteiger partial charge in [-0.1, -0.05) is 26.2 Å². The van der Waals surface area contributed by atoms with Gasteiger partial charge in [-0.05, 0) is 19.3 Å². The molecule has 3 heteroatoms. The standard InChI is InChI=1S/C12H23NO2/c1-2-7-12(15)8-13(9-12)10-5-3-4-6-11(10)14/h10-11,14-15H,2-9H2,1H3. The van der Waals surface area contributed by atoms with Crippen molar-refractivity contribution in [3.05, 3.63) is 0 Å². The van der Waals surface area contributed by atoms with Crippen molar-refractivity contribution in [1.82, 2.24) is 4.90 Å². The van der Waals surface area contributed by atoms with E-state index in [-0.39, 0.29) is 6.10 Å². The SMILES string of the molecule is CCCC1(O)CN(C2CCCCC2O)C1. The first-order valence-electron chi connectivity index (χ1n) is 6.29. The fraction of sp³-hybridized carbons (Fsp3) is 1.00. The fourth-order valence-corrected chi connectivity index (χ4v) is 3.09. The number of nitrogens with zero attached hydrogens (tertiary/aromatic N) is 1. The van der Waals surface area contributed by atoms with Gasteiger partial charge in [0.15, 0.2) is 0 Å². The molecule has 0 aromatic rings. The lowest BCUT2D eigenvalue weighted by Gasteiger charge is -2.52. The highest BCUT2D eigenvalue weighted by molar-refractivity contribution is 5.00. The van der Waals surface area contributed by atoms with E-state index in [1.807, 2.05) is 0 Å². The summed E-state index contributed by atoms with van der Waals surface area (Å²) in [5.74, 6) is 0. The molecule has 0 aromatic carbocycles. The molecule has 2 N–H and O–H groups in total. The Morgan fingerprint density at radius 3 is 2.53 bits per heavy atom. The van der Waals surface area contributed by atoms with E-state index in [0.29, 0.717) is 6.04 Å². The second-order valence-corrected chi connectivity index (χ2v) is 5.30. The minimum atomic E-state index is -0.452. The summed E-state index contributed by atoms with van der Waals surface area (Å²) in [6.45, 7) is 3.64. The van der Waals surface area contributed by atoms with Gasteiger partial charge in [0.1, 0.15) is 0 Å². The maximum atomic E-state index is 10.1. The van der Waals surface area contributed by atoms with Gasteiger partial charge in [-0.3, -0.25) is 4.90 Å². The van der Waals surface area contributed by atoms with Crippen LogP contribution in [-0.2, 0) is 0 Å². The van der Waals surface area contributed by atoms with Gasteiger partial charge in [0.2, 0.25) is 0 Å². The number of hydrogen-bond donors (Lipinski definition) is 2. The Bertz CT molecular complexity index is 214. The average molecular weight is 213 g/mol. The third kappa shape index (κ3) is 2.35. The summed E-state index contributed by atoms with van der Waals surface area (Å²) in [6, 6.07) is 0.316. The molecule has 2 rings (SSSR count). The van der Waals surface area contributed by atoms with Crippen molar-refractivity contribution in [2.45, 2.75) is 63.2 Å². The third-order valence-electron chi connectivity index (χ3n) is 3.87. The van der Waals surface area contributed by atoms with Crippen LogP contribution in [0.25, 0.3) is 0 Å². The molecular weight excluding hydrogens is 190 g/mol. The molecule has 1 aliphatic heterocycles. The van der Waals surface area contributed by atoms with Gasteiger partial charge in [0, 0.05) is 19.1 Å². The van der Waals surface area contributed by atoms with Crippen LogP contribution < -0.4 is 0 Å². The smallest absolute Gasteiger partial charge is 0.0900 e. The summed E-state index contributed by atoms with van der Waals surface area (Å²) in [5, 5.41) is 20.0. The van der Waals surface area contributed by atoms with E-state index in [1.165, 1.54) is 6.42 Å². The molecular formula is C12H23NO2. The van der Waals surface area contributed by atoms with Crippen molar-refractivity contribution >= 4 is 0 Å². The van der Waals surface area contributed by atoms with E-state index in [4.69, 9.17) is 0 Å². The number of β-amino-alcohol motifs (C(OH)–C–C–N with tert-alkyl or cyclic N) is 1. The second-order valence-electron chi connectivity index (χ2n) is 5.30. The minimum Gasteiger partial charge on any atom is -0.391 e. The zero-order valence-corrected chi connectivity index (χ0v) is 9.65. The van der Waals surface area contributed by atoms with Crippen molar-refractivity contribution in [3.63, 3.8) is 0 Å². The van der Waals surface area contributed by atoms with Crippen molar-refractivity contribution in [1.29, 1.82) is 0 Å². The molecule has 1 aliphatic carbocycles. The number of hydrogen-bond acceptors (Lipinski definition) is 3. The highest BCUT2D eigenvalue weighted by Crippen LogP contribution is 2.33. The molecule has 2 atom stereocenters. The Morgan fingerprint density at radius 1 is 1.27 bits per heavy atom. The highest BCUT2D eigenvalue weighted by atomic mass is 16.3. The monoisotopic (exact) mass is 213 g/mol. The lowest BCUT2D eigenvalue weighted by Crippen LogP contribution is -2.66. The summed E-state index contributed by atoms with van der Waals surface area (Å²) in [6.07, 6.45) is 6.19. The summed E-state index contributed by atoms with van der Waals surface area (Å²) in [5.41, 5.74) is -0.452. The summed E-state index contributed by atoms with van der Waals surface area (Å²) >= 11 is 0. The first kappa shape index (κ1) is 11.4. The predicted octanol–water partition coefficient (Wildman–Crippen LogP) is 1.14. The Kier molecular flexibility index (Phi) is 3.33. The maximum absolute atomic E-state index is 10.1. The molecule has 0 amide bonds. The molecule has 2 fully saturated rings. The zero-order valence-electron chi connectivity index (χ0n) is 9.65. The molecule has 88 valence electrons. The van der Waals surface area contributed by atoms with E-state index in [1.54, 1.807) is 0 Å². The molecule has 1 heterocycles. The molecule has 0 bridgehead atoms. The Balaban J connectivity index is 1.82. The lowest BCUT2D eigenvalue weighted by molar-refractivity contribution is -0.142. The van der Waals surface area contributed by atoms with Crippen LogP contribution >= 0.6 is 0 Å². The normalized spacial score (nSPS) is 36.2. The second kappa shape index (κ2) is 4.40. The molecule has 0 aromatic heterocycles. The summed E-state index contributed by atoms with van der Waals surface area (Å²) in [7, 11) is 0. The highest BCUT2D eigenvalue weighted by Gasteiger charge is 2.45. The van der Waals surface area contributed by atoms with E-state index in [9.17, 15) is 10.2 Å². The molecule has 1 saturated heterocycles. The molecule has 1 saturated carbocycles. The molecule has 2 unspecified atom stereocenters. The number of aliphatic hydroxyl groups is 2. The summed E-state index contributed by atoms with van der Waals surface area (Å²) in [4.78, 5) is 2.26. The molecule has 15 heavy (non-hydrogen) atoms. The molecule has 3 nitrogen and oxygen atoms in total. The lowest BCUT2D eigenvalue weighted by atomic mass is 9.83. The Morgan fingerprint density at radius 2 is 1.93 bits per heavy atom. The van der Waals surface area contributed by atoms with Crippen LogP contribution in [0.15, 0.2) is 0 Å². The Labute approximate surface area is 92.1 Å². The molecule has 0 spiro atoms. The first-order chi connectivity index (χ1) is 7.14. The quantitative estimate of drug-likeness (QED) is 0.739. The van der Waals surface area contributed by atoms with Crippen molar-refractivity contribution in [2.24, 2.45) is 0 Å². The van der Waals surface area contributed by atoms with Crippen molar-refractivity contribution in [3.8, 4) is 0 Å². The zero-order chi connectivity index (χ0) is 10.9. The van der Waals surface area contributed by atoms with E-state index < -0.39 is 5.60 Å². The van der Waals surface area contributed by atoms with Gasteiger partial charge in [0.05, 0.1) is 11.7 Å². The van der Waals surface area contributed by atoms with Crippen molar-refractivity contribution < 1.29 is 10.2 Å². The largest absolute Gasteiger partial charge is 0.391 e. The van der Waals surface area contributed by atoms with Crippen LogP contribution in [0.1, 0.15) is 45.4 Å². The van der Waals surface area contributed by atoms with Crippen LogP contribution in [0.5, 0.6) is 0 Å². The van der Waals surface area contributed by atoms with E-state index in [2.05, 4.69) is 11.8 Å². The van der Waals surface area contributed by atoms with Crippen molar-refractivity contribution in [2.75, 3.05) is 13.1 Å². The predicted molar refractivity (Wildman–Crippen MR) is 59.7 cm³/mol. The minimum absolute atomic E-state index is 0.162. The van der Waals surface area contributed by atoms with Gasteiger partial charge >= 0.3 is 0 Å². The molecule has 0 radical (unpaired) electrons. The first-order valence-corrected chi connectivity index (χ1v) is 6.29. The fourth-order valence-electron chi connectivity index (χ4n) is 3.09. The maximum Gasteiger partial charge on any atom is 0.0900 e. The number of rotatable bonds is 3. The molecule has 2 aliphatic rings. The Hall–Kier alpha value is -0.120. The number of aliphatic hydroxyl groups excluding tert-OH is 1. The van der Waals surface area contributed by atoms with Crippen LogP contribution in [0.2, 0.25) is 0 Å². The van der Waals surface area contributed by atoms with Gasteiger partial charge in [0.25, 0.3) is 0 Å². The number of likely N-dealkylation sites (tertiary alicyclic amines) is 1.